The van der Waals surface area contributed by atoms with Gasteiger partial charge in [-0.1, -0.05) is 30.3 Å². The van der Waals surface area contributed by atoms with Crippen LogP contribution < -0.4 is 5.32 Å². The van der Waals surface area contributed by atoms with Gasteiger partial charge in [0.25, 0.3) is 0 Å². The van der Waals surface area contributed by atoms with Crippen molar-refractivity contribution in [1.29, 1.82) is 0 Å². The summed E-state index contributed by atoms with van der Waals surface area (Å²) >= 11 is 0. The molecule has 0 aliphatic rings. The fourth-order valence-electron chi connectivity index (χ4n) is 2.22. The van der Waals surface area contributed by atoms with E-state index in [1.54, 1.807) is 0 Å². The summed E-state index contributed by atoms with van der Waals surface area (Å²) < 4.78 is 11.1. The summed E-state index contributed by atoms with van der Waals surface area (Å²) in [6.45, 7) is 6.18. The summed E-state index contributed by atoms with van der Waals surface area (Å²) in [7, 11) is 0. The zero-order chi connectivity index (χ0) is 14.2. The Labute approximate surface area is 120 Å². The van der Waals surface area contributed by atoms with Crippen molar-refractivity contribution in [2.75, 3.05) is 25.1 Å². The second kappa shape index (κ2) is 7.88. The minimum atomic E-state index is -0.113. The van der Waals surface area contributed by atoms with Crippen LogP contribution in [0.15, 0.2) is 42.5 Å². The molecule has 1 N–H and O–H groups in total. The van der Waals surface area contributed by atoms with Crippen molar-refractivity contribution in [3.63, 3.8) is 0 Å². The molecule has 0 amide bonds. The molecule has 0 atom stereocenters. The van der Waals surface area contributed by atoms with E-state index in [1.807, 2.05) is 13.8 Å². The predicted molar refractivity (Wildman–Crippen MR) is 84.1 cm³/mol. The van der Waals surface area contributed by atoms with E-state index in [2.05, 4.69) is 47.8 Å². The van der Waals surface area contributed by atoms with Crippen molar-refractivity contribution < 1.29 is 9.47 Å². The summed E-state index contributed by atoms with van der Waals surface area (Å²) in [4.78, 5) is 0. The Balaban J connectivity index is 1.88. The average molecular weight is 273 g/mol. The molecule has 0 heterocycles. The molecule has 0 bridgehead atoms. The zero-order valence-corrected chi connectivity index (χ0v) is 12.3. The minimum Gasteiger partial charge on any atom is -0.385 e. The highest BCUT2D eigenvalue weighted by Gasteiger charge is 2.07. The van der Waals surface area contributed by atoms with Crippen LogP contribution in [-0.4, -0.2) is 26.0 Å². The standard InChI is InChI=1S/C17H23NO2/c1-3-19-17(20-4-2)11-12-18-16-10-9-14-7-5-6-8-15(14)13-16/h5-10,13,17-18H,3-4,11-12H2,1-2H3. The number of rotatable bonds is 8. The van der Waals surface area contributed by atoms with Gasteiger partial charge in [0.1, 0.15) is 0 Å². The Hall–Kier alpha value is -1.58. The van der Waals surface area contributed by atoms with Crippen molar-refractivity contribution in [2.24, 2.45) is 0 Å². The number of anilines is 1. The Bertz CT molecular complexity index is 521. The molecular weight excluding hydrogens is 250 g/mol. The molecule has 0 aromatic heterocycles. The van der Waals surface area contributed by atoms with Gasteiger partial charge in [-0.25, -0.2) is 0 Å². The van der Waals surface area contributed by atoms with Crippen LogP contribution in [0.3, 0.4) is 0 Å². The first-order chi connectivity index (χ1) is 9.83. The third-order valence-corrected chi connectivity index (χ3v) is 3.16. The van der Waals surface area contributed by atoms with E-state index in [9.17, 15) is 0 Å². The molecule has 2 rings (SSSR count). The summed E-state index contributed by atoms with van der Waals surface area (Å²) in [6, 6.07) is 14.8. The van der Waals surface area contributed by atoms with Crippen LogP contribution >= 0.6 is 0 Å². The Morgan fingerprint density at radius 2 is 1.65 bits per heavy atom. The number of nitrogens with one attached hydrogen (secondary N) is 1. The van der Waals surface area contributed by atoms with Crippen molar-refractivity contribution >= 4 is 16.5 Å². The van der Waals surface area contributed by atoms with E-state index >= 15 is 0 Å². The smallest absolute Gasteiger partial charge is 0.159 e. The fourth-order valence-corrected chi connectivity index (χ4v) is 2.22. The lowest BCUT2D eigenvalue weighted by atomic mass is 10.1. The zero-order valence-electron chi connectivity index (χ0n) is 12.3. The van der Waals surface area contributed by atoms with E-state index in [4.69, 9.17) is 9.47 Å². The molecule has 3 heteroatoms. The fraction of sp³-hybridized carbons (Fsp3) is 0.412. The summed E-state index contributed by atoms with van der Waals surface area (Å²) in [5.41, 5.74) is 1.13. The lowest BCUT2D eigenvalue weighted by Crippen LogP contribution is -2.21. The van der Waals surface area contributed by atoms with E-state index in [0.717, 1.165) is 18.7 Å². The molecule has 20 heavy (non-hydrogen) atoms. The maximum atomic E-state index is 5.53. The number of hydrogen-bond acceptors (Lipinski definition) is 3. The van der Waals surface area contributed by atoms with Crippen molar-refractivity contribution in [3.8, 4) is 0 Å². The van der Waals surface area contributed by atoms with Crippen molar-refractivity contribution in [1.82, 2.24) is 0 Å². The van der Waals surface area contributed by atoms with Gasteiger partial charge in [0.15, 0.2) is 6.29 Å². The van der Waals surface area contributed by atoms with E-state index < -0.39 is 0 Å². The molecule has 2 aromatic carbocycles. The van der Waals surface area contributed by atoms with Crippen molar-refractivity contribution in [3.05, 3.63) is 42.5 Å². The number of benzene rings is 2. The molecule has 0 saturated carbocycles. The molecule has 0 spiro atoms. The van der Waals surface area contributed by atoms with Gasteiger partial charge in [-0.3, -0.25) is 0 Å². The van der Waals surface area contributed by atoms with Gasteiger partial charge >= 0.3 is 0 Å². The third-order valence-electron chi connectivity index (χ3n) is 3.16. The summed E-state index contributed by atoms with van der Waals surface area (Å²) in [6.07, 6.45) is 0.729. The Morgan fingerprint density at radius 3 is 2.35 bits per heavy atom. The predicted octanol–water partition coefficient (Wildman–Crippen LogP) is 4.04. The molecule has 2 aromatic rings. The van der Waals surface area contributed by atoms with Gasteiger partial charge in [0.2, 0.25) is 0 Å². The highest BCUT2D eigenvalue weighted by molar-refractivity contribution is 5.85. The summed E-state index contributed by atoms with van der Waals surface area (Å²) in [5, 5.41) is 5.94. The van der Waals surface area contributed by atoms with Gasteiger partial charge in [0, 0.05) is 31.9 Å². The molecule has 0 radical (unpaired) electrons. The molecule has 0 fully saturated rings. The lowest BCUT2D eigenvalue weighted by Gasteiger charge is -2.17. The normalized spacial score (nSPS) is 11.2. The Kier molecular flexibility index (Phi) is 5.84. The largest absolute Gasteiger partial charge is 0.385 e. The van der Waals surface area contributed by atoms with Crippen LogP contribution in [0.2, 0.25) is 0 Å². The van der Waals surface area contributed by atoms with E-state index in [0.29, 0.717) is 13.2 Å². The molecule has 108 valence electrons. The highest BCUT2D eigenvalue weighted by Crippen LogP contribution is 2.18. The molecule has 0 aliphatic heterocycles. The number of fused-ring (bicyclic) bond motifs is 1. The molecule has 0 unspecified atom stereocenters. The number of ether oxygens (including phenoxy) is 2. The first-order valence-corrected chi connectivity index (χ1v) is 7.29. The lowest BCUT2D eigenvalue weighted by molar-refractivity contribution is -0.137. The molecule has 0 aliphatic carbocycles. The second-order valence-electron chi connectivity index (χ2n) is 4.62. The van der Waals surface area contributed by atoms with Crippen LogP contribution in [-0.2, 0) is 9.47 Å². The van der Waals surface area contributed by atoms with Crippen LogP contribution in [0.1, 0.15) is 20.3 Å². The van der Waals surface area contributed by atoms with Crippen molar-refractivity contribution in [2.45, 2.75) is 26.6 Å². The van der Waals surface area contributed by atoms with E-state index in [1.165, 1.54) is 10.8 Å². The first-order valence-electron chi connectivity index (χ1n) is 7.29. The maximum absolute atomic E-state index is 5.53. The molecule has 3 nitrogen and oxygen atoms in total. The third kappa shape index (κ3) is 4.22. The highest BCUT2D eigenvalue weighted by atomic mass is 16.7. The first kappa shape index (κ1) is 14.8. The average Bonchev–Trinajstić information content (AvgIpc) is 2.47. The second-order valence-corrected chi connectivity index (χ2v) is 4.62. The molecule has 0 saturated heterocycles. The van der Waals surface area contributed by atoms with Gasteiger partial charge in [-0.2, -0.15) is 0 Å². The van der Waals surface area contributed by atoms with Crippen LogP contribution in [0, 0.1) is 0 Å². The Morgan fingerprint density at radius 1 is 0.950 bits per heavy atom. The monoisotopic (exact) mass is 273 g/mol. The van der Waals surface area contributed by atoms with Gasteiger partial charge in [-0.15, -0.1) is 0 Å². The quantitative estimate of drug-likeness (QED) is 0.736. The van der Waals surface area contributed by atoms with Crippen LogP contribution in [0.4, 0.5) is 5.69 Å². The maximum Gasteiger partial charge on any atom is 0.159 e. The van der Waals surface area contributed by atoms with Gasteiger partial charge in [-0.05, 0) is 36.8 Å². The van der Waals surface area contributed by atoms with Gasteiger partial charge < -0.3 is 14.8 Å². The SMILES string of the molecule is CCOC(CCNc1ccc2ccccc2c1)OCC. The molecular formula is C17H23NO2. The minimum absolute atomic E-state index is 0.113. The van der Waals surface area contributed by atoms with E-state index in [-0.39, 0.29) is 6.29 Å². The summed E-state index contributed by atoms with van der Waals surface area (Å²) in [5.74, 6) is 0. The number of hydrogen-bond donors (Lipinski definition) is 1. The van der Waals surface area contributed by atoms with Gasteiger partial charge in [0.05, 0.1) is 0 Å². The topological polar surface area (TPSA) is 30.5 Å². The van der Waals surface area contributed by atoms with Crippen LogP contribution in [0.25, 0.3) is 10.8 Å². The van der Waals surface area contributed by atoms with Crippen LogP contribution in [0.5, 0.6) is 0 Å².